The number of thioether (sulfide) groups is 1. The second-order valence-corrected chi connectivity index (χ2v) is 9.31. The van der Waals surface area contributed by atoms with Crippen LogP contribution < -0.4 is 5.32 Å². The molecule has 1 N–H and O–H groups in total. The Labute approximate surface area is 146 Å². The summed E-state index contributed by atoms with van der Waals surface area (Å²) in [5, 5.41) is 2.65. The topological polar surface area (TPSA) is 89.5 Å². The van der Waals surface area contributed by atoms with E-state index >= 15 is 0 Å². The van der Waals surface area contributed by atoms with Crippen molar-refractivity contribution in [2.45, 2.75) is 25.5 Å². The minimum absolute atomic E-state index is 0.0525. The van der Waals surface area contributed by atoms with Gasteiger partial charge in [0, 0.05) is 10.9 Å². The first kappa shape index (κ1) is 18.8. The standard InChI is InChI=1S/C16H21NO5S2/c1-11-4-3-5-14(12(11)2)17-15(18)8-22-16(19)9-23-13-6-7-24(20,21)10-13/h3-5,13H,6-10H2,1-2H3,(H,17,18)/t13-/m0/s1. The molecule has 1 heterocycles. The first-order valence-electron chi connectivity index (χ1n) is 7.60. The molecule has 1 aliphatic rings. The predicted octanol–water partition coefficient (Wildman–Crippen LogP) is 1.71. The molecular formula is C16H21NO5S2. The number of rotatable bonds is 6. The van der Waals surface area contributed by atoms with Gasteiger partial charge in [0.05, 0.1) is 17.3 Å². The van der Waals surface area contributed by atoms with Gasteiger partial charge in [-0.05, 0) is 37.5 Å². The Morgan fingerprint density at radius 3 is 2.75 bits per heavy atom. The summed E-state index contributed by atoms with van der Waals surface area (Å²) in [6.45, 7) is 3.50. The molecule has 1 aromatic rings. The number of anilines is 1. The lowest BCUT2D eigenvalue weighted by Gasteiger charge is -2.11. The zero-order valence-corrected chi connectivity index (χ0v) is 15.3. The Bertz CT molecular complexity index is 730. The van der Waals surface area contributed by atoms with Crippen molar-refractivity contribution in [2.75, 3.05) is 29.2 Å². The van der Waals surface area contributed by atoms with Crippen LogP contribution in [0.4, 0.5) is 5.69 Å². The number of aryl methyl sites for hydroxylation is 1. The Hall–Kier alpha value is -1.54. The van der Waals surface area contributed by atoms with Gasteiger partial charge in [-0.3, -0.25) is 9.59 Å². The number of carbonyl (C=O) groups excluding carboxylic acids is 2. The van der Waals surface area contributed by atoms with Gasteiger partial charge in [-0.15, -0.1) is 11.8 Å². The molecule has 1 atom stereocenters. The molecule has 1 amide bonds. The van der Waals surface area contributed by atoms with E-state index in [0.717, 1.165) is 11.1 Å². The van der Waals surface area contributed by atoms with Crippen molar-refractivity contribution in [3.05, 3.63) is 29.3 Å². The number of esters is 1. The van der Waals surface area contributed by atoms with Crippen LogP contribution >= 0.6 is 11.8 Å². The smallest absolute Gasteiger partial charge is 0.316 e. The van der Waals surface area contributed by atoms with Crippen molar-refractivity contribution in [3.8, 4) is 0 Å². The molecule has 1 aromatic carbocycles. The summed E-state index contributed by atoms with van der Waals surface area (Å²) in [5.41, 5.74) is 2.73. The molecule has 0 unspecified atom stereocenters. The second kappa shape index (κ2) is 8.02. The highest BCUT2D eigenvalue weighted by Crippen LogP contribution is 2.24. The van der Waals surface area contributed by atoms with Crippen LogP contribution in [-0.4, -0.2) is 49.4 Å². The van der Waals surface area contributed by atoms with Gasteiger partial charge in [-0.2, -0.15) is 0 Å². The van der Waals surface area contributed by atoms with Gasteiger partial charge >= 0.3 is 5.97 Å². The minimum atomic E-state index is -2.95. The maximum Gasteiger partial charge on any atom is 0.316 e. The van der Waals surface area contributed by atoms with Crippen molar-refractivity contribution >= 4 is 39.2 Å². The average Bonchev–Trinajstić information content (AvgIpc) is 2.87. The summed E-state index contributed by atoms with van der Waals surface area (Å²) < 4.78 is 27.6. The molecule has 0 saturated carbocycles. The maximum atomic E-state index is 11.9. The Kier molecular flexibility index (Phi) is 6.28. The molecule has 6 nitrogen and oxygen atoms in total. The number of nitrogens with one attached hydrogen (secondary N) is 1. The van der Waals surface area contributed by atoms with Crippen molar-refractivity contribution in [2.24, 2.45) is 0 Å². The lowest BCUT2D eigenvalue weighted by molar-refractivity contribution is -0.144. The SMILES string of the molecule is Cc1cccc(NC(=O)COC(=O)CS[C@H]2CCS(=O)(=O)C2)c1C. The van der Waals surface area contributed by atoms with E-state index in [4.69, 9.17) is 4.74 Å². The second-order valence-electron chi connectivity index (χ2n) is 5.79. The minimum Gasteiger partial charge on any atom is -0.455 e. The summed E-state index contributed by atoms with van der Waals surface area (Å²) in [6.07, 6.45) is 0.563. The van der Waals surface area contributed by atoms with E-state index in [9.17, 15) is 18.0 Å². The third-order valence-electron chi connectivity index (χ3n) is 3.87. The zero-order valence-electron chi connectivity index (χ0n) is 13.7. The molecule has 0 bridgehead atoms. The third kappa shape index (κ3) is 5.52. The highest BCUT2D eigenvalue weighted by Gasteiger charge is 2.28. The first-order valence-corrected chi connectivity index (χ1v) is 10.5. The Morgan fingerprint density at radius 1 is 1.33 bits per heavy atom. The largest absolute Gasteiger partial charge is 0.455 e. The van der Waals surface area contributed by atoms with Gasteiger partial charge in [0.2, 0.25) is 0 Å². The quantitative estimate of drug-likeness (QED) is 0.766. The van der Waals surface area contributed by atoms with Crippen molar-refractivity contribution in [1.29, 1.82) is 0 Å². The van der Waals surface area contributed by atoms with Gasteiger partial charge in [-0.1, -0.05) is 12.1 Å². The van der Waals surface area contributed by atoms with E-state index < -0.39 is 21.7 Å². The van der Waals surface area contributed by atoms with Crippen LogP contribution in [0.2, 0.25) is 0 Å². The fourth-order valence-corrected chi connectivity index (χ4v) is 5.78. The molecule has 0 radical (unpaired) electrons. The molecule has 132 valence electrons. The number of sulfone groups is 1. The van der Waals surface area contributed by atoms with Crippen molar-refractivity contribution < 1.29 is 22.7 Å². The number of ether oxygens (including phenoxy) is 1. The molecule has 1 saturated heterocycles. The van der Waals surface area contributed by atoms with Crippen LogP contribution in [0, 0.1) is 13.8 Å². The molecule has 1 fully saturated rings. The predicted molar refractivity (Wildman–Crippen MR) is 95.0 cm³/mol. The Balaban J connectivity index is 1.71. The van der Waals surface area contributed by atoms with Crippen LogP contribution in [0.15, 0.2) is 18.2 Å². The number of benzene rings is 1. The van der Waals surface area contributed by atoms with Crippen LogP contribution in [-0.2, 0) is 24.2 Å². The van der Waals surface area contributed by atoms with Crippen LogP contribution in [0.3, 0.4) is 0 Å². The van der Waals surface area contributed by atoms with Gasteiger partial charge < -0.3 is 10.1 Å². The Morgan fingerprint density at radius 2 is 2.08 bits per heavy atom. The molecule has 0 spiro atoms. The van der Waals surface area contributed by atoms with E-state index in [2.05, 4.69) is 5.32 Å². The highest BCUT2D eigenvalue weighted by atomic mass is 32.2. The van der Waals surface area contributed by atoms with Gasteiger partial charge in [-0.25, -0.2) is 8.42 Å². The summed E-state index contributed by atoms with van der Waals surface area (Å²) in [4.78, 5) is 23.5. The van der Waals surface area contributed by atoms with Gasteiger partial charge in [0.25, 0.3) is 5.91 Å². The zero-order chi connectivity index (χ0) is 17.7. The van der Waals surface area contributed by atoms with Gasteiger partial charge in [0.15, 0.2) is 16.4 Å². The van der Waals surface area contributed by atoms with Crippen LogP contribution in [0.1, 0.15) is 17.5 Å². The lowest BCUT2D eigenvalue weighted by Crippen LogP contribution is -2.22. The summed E-state index contributed by atoms with van der Waals surface area (Å²) >= 11 is 1.27. The summed E-state index contributed by atoms with van der Waals surface area (Å²) in [6, 6.07) is 5.58. The lowest BCUT2D eigenvalue weighted by atomic mass is 10.1. The van der Waals surface area contributed by atoms with Crippen molar-refractivity contribution in [3.63, 3.8) is 0 Å². The third-order valence-corrected chi connectivity index (χ3v) is 7.13. The molecule has 1 aliphatic heterocycles. The van der Waals surface area contributed by atoms with E-state index in [1.165, 1.54) is 11.8 Å². The fourth-order valence-electron chi connectivity index (χ4n) is 2.34. The van der Waals surface area contributed by atoms with Gasteiger partial charge in [0.1, 0.15) is 0 Å². The number of hydrogen-bond acceptors (Lipinski definition) is 6. The van der Waals surface area contributed by atoms with E-state index in [0.29, 0.717) is 12.1 Å². The number of carbonyl (C=O) groups is 2. The molecule has 0 aromatic heterocycles. The van der Waals surface area contributed by atoms with Crippen LogP contribution in [0.25, 0.3) is 0 Å². The summed E-state index contributed by atoms with van der Waals surface area (Å²) in [5.74, 6) is -0.571. The maximum absolute atomic E-state index is 11.9. The van der Waals surface area contributed by atoms with E-state index in [1.807, 2.05) is 26.0 Å². The fraction of sp³-hybridized carbons (Fsp3) is 0.500. The first-order chi connectivity index (χ1) is 11.3. The monoisotopic (exact) mass is 371 g/mol. The molecule has 24 heavy (non-hydrogen) atoms. The molecular weight excluding hydrogens is 350 g/mol. The number of amides is 1. The van der Waals surface area contributed by atoms with Crippen LogP contribution in [0.5, 0.6) is 0 Å². The average molecular weight is 371 g/mol. The van der Waals surface area contributed by atoms with E-state index in [-0.39, 0.29) is 29.1 Å². The molecule has 0 aliphatic carbocycles. The van der Waals surface area contributed by atoms with E-state index in [1.54, 1.807) is 6.07 Å². The molecule has 2 rings (SSSR count). The molecule has 8 heteroatoms. The normalized spacial score (nSPS) is 19.0. The highest BCUT2D eigenvalue weighted by molar-refractivity contribution is 8.02. The summed E-state index contributed by atoms with van der Waals surface area (Å²) in [7, 11) is -2.95. The van der Waals surface area contributed by atoms with Crippen molar-refractivity contribution in [1.82, 2.24) is 0 Å². The number of hydrogen-bond donors (Lipinski definition) is 1.